The molecule has 6 heteroatoms. The van der Waals surface area contributed by atoms with Gasteiger partial charge in [-0.1, -0.05) is 56.3 Å². The smallest absolute Gasteiger partial charge is 0.295 e. The van der Waals surface area contributed by atoms with Crippen molar-refractivity contribution < 1.29 is 24.2 Å². The molecule has 0 aromatic heterocycles. The Labute approximate surface area is 223 Å². The Kier molecular flexibility index (Phi) is 7.23. The number of aliphatic hydroxyl groups is 1. The van der Waals surface area contributed by atoms with Crippen molar-refractivity contribution >= 4 is 17.4 Å². The maximum Gasteiger partial charge on any atom is 0.295 e. The standard InChI is InChI=1S/C32H33NO5/c1-20(2)14-15-37-26-11-7-10-23(18-26)29-28(30(34)24-12-13-27-25(17-24)16-21(3)38-27)31(35)32(36)33(29)19-22-8-5-4-6-9-22/h4-13,17-18,20-21,29,34H,14-16,19H2,1-3H3/t21-,29-/m0/s1. The van der Waals surface area contributed by atoms with E-state index in [1.165, 1.54) is 4.90 Å². The van der Waals surface area contributed by atoms with Crippen LogP contribution in [0.5, 0.6) is 11.5 Å². The molecule has 2 atom stereocenters. The number of hydrogen-bond acceptors (Lipinski definition) is 5. The van der Waals surface area contributed by atoms with E-state index < -0.39 is 17.7 Å². The van der Waals surface area contributed by atoms with Gasteiger partial charge in [-0.15, -0.1) is 0 Å². The normalized spacial score (nSPS) is 20.1. The Morgan fingerprint density at radius 1 is 1.05 bits per heavy atom. The molecule has 0 aliphatic carbocycles. The van der Waals surface area contributed by atoms with Gasteiger partial charge in [0.2, 0.25) is 0 Å². The van der Waals surface area contributed by atoms with Gasteiger partial charge in [0.05, 0.1) is 18.2 Å². The zero-order valence-electron chi connectivity index (χ0n) is 22.0. The molecule has 2 heterocycles. The summed E-state index contributed by atoms with van der Waals surface area (Å²) < 4.78 is 11.8. The van der Waals surface area contributed by atoms with E-state index in [0.717, 1.165) is 29.7 Å². The fourth-order valence-corrected chi connectivity index (χ4v) is 5.08. The second-order valence-corrected chi connectivity index (χ2v) is 10.5. The molecule has 3 aromatic rings. The third-order valence-electron chi connectivity index (χ3n) is 7.04. The summed E-state index contributed by atoms with van der Waals surface area (Å²) in [5, 5.41) is 11.5. The number of ether oxygens (including phenoxy) is 2. The van der Waals surface area contributed by atoms with Crippen molar-refractivity contribution in [1.82, 2.24) is 4.90 Å². The highest BCUT2D eigenvalue weighted by atomic mass is 16.5. The molecule has 6 nitrogen and oxygen atoms in total. The number of carbonyl (C=O) groups is 2. The lowest BCUT2D eigenvalue weighted by Gasteiger charge is -2.26. The summed E-state index contributed by atoms with van der Waals surface area (Å²) in [5.41, 5.74) is 3.15. The number of Topliss-reactive ketones (excluding diaryl/α,β-unsaturated/α-hetero) is 1. The fraction of sp³-hybridized carbons (Fsp3) is 0.312. The van der Waals surface area contributed by atoms with E-state index in [2.05, 4.69) is 13.8 Å². The molecular weight excluding hydrogens is 478 g/mol. The molecule has 1 N–H and O–H groups in total. The Morgan fingerprint density at radius 3 is 2.61 bits per heavy atom. The Balaban J connectivity index is 1.57. The summed E-state index contributed by atoms with van der Waals surface area (Å²) in [5.74, 6) is 0.442. The van der Waals surface area contributed by atoms with Crippen molar-refractivity contribution in [2.45, 2.75) is 52.3 Å². The summed E-state index contributed by atoms with van der Waals surface area (Å²) in [6, 6.07) is 21.6. The van der Waals surface area contributed by atoms with Gasteiger partial charge >= 0.3 is 0 Å². The number of rotatable bonds is 8. The first-order valence-corrected chi connectivity index (χ1v) is 13.2. The van der Waals surface area contributed by atoms with E-state index in [1.54, 1.807) is 6.07 Å². The molecule has 0 radical (unpaired) electrons. The molecule has 1 fully saturated rings. The average molecular weight is 512 g/mol. The van der Waals surface area contributed by atoms with Gasteiger partial charge in [-0.25, -0.2) is 0 Å². The van der Waals surface area contributed by atoms with E-state index in [4.69, 9.17) is 9.47 Å². The highest BCUT2D eigenvalue weighted by Crippen LogP contribution is 2.42. The number of likely N-dealkylation sites (tertiary alicyclic amines) is 1. The molecule has 3 aromatic carbocycles. The quantitative estimate of drug-likeness (QED) is 0.226. The van der Waals surface area contributed by atoms with Crippen LogP contribution in [0.3, 0.4) is 0 Å². The summed E-state index contributed by atoms with van der Waals surface area (Å²) in [7, 11) is 0. The molecule has 196 valence electrons. The fourth-order valence-electron chi connectivity index (χ4n) is 5.08. The summed E-state index contributed by atoms with van der Waals surface area (Å²) in [4.78, 5) is 28.4. The first-order valence-electron chi connectivity index (χ1n) is 13.2. The Hall–Kier alpha value is -4.06. The molecule has 38 heavy (non-hydrogen) atoms. The van der Waals surface area contributed by atoms with E-state index in [9.17, 15) is 14.7 Å². The monoisotopic (exact) mass is 511 g/mol. The first kappa shape index (κ1) is 25.6. The summed E-state index contributed by atoms with van der Waals surface area (Å²) >= 11 is 0. The lowest BCUT2D eigenvalue weighted by molar-refractivity contribution is -0.140. The van der Waals surface area contributed by atoms with Gasteiger partial charge in [-0.3, -0.25) is 9.59 Å². The highest BCUT2D eigenvalue weighted by molar-refractivity contribution is 6.46. The predicted molar refractivity (Wildman–Crippen MR) is 146 cm³/mol. The van der Waals surface area contributed by atoms with Gasteiger partial charge in [-0.2, -0.15) is 0 Å². The maximum atomic E-state index is 13.5. The second-order valence-electron chi connectivity index (χ2n) is 10.5. The van der Waals surface area contributed by atoms with E-state index in [1.807, 2.05) is 73.7 Å². The van der Waals surface area contributed by atoms with Gasteiger partial charge in [0.15, 0.2) is 0 Å². The van der Waals surface area contributed by atoms with Crippen LogP contribution in [0.15, 0.2) is 78.4 Å². The van der Waals surface area contributed by atoms with Gasteiger partial charge in [0.25, 0.3) is 11.7 Å². The minimum Gasteiger partial charge on any atom is -0.507 e. The van der Waals surface area contributed by atoms with Crippen molar-refractivity contribution in [2.24, 2.45) is 5.92 Å². The molecule has 0 unspecified atom stereocenters. The molecule has 2 aliphatic heterocycles. The summed E-state index contributed by atoms with van der Waals surface area (Å²) in [6.07, 6.45) is 1.69. The minimum atomic E-state index is -0.757. The molecule has 5 rings (SSSR count). The van der Waals surface area contributed by atoms with Crippen LogP contribution in [0.2, 0.25) is 0 Å². The van der Waals surface area contributed by atoms with Gasteiger partial charge in [-0.05, 0) is 66.3 Å². The van der Waals surface area contributed by atoms with Crippen molar-refractivity contribution in [1.29, 1.82) is 0 Å². The lowest BCUT2D eigenvalue weighted by atomic mass is 9.94. The topological polar surface area (TPSA) is 76.1 Å². The average Bonchev–Trinajstić information content (AvgIpc) is 3.40. The van der Waals surface area contributed by atoms with E-state index >= 15 is 0 Å². The second kappa shape index (κ2) is 10.7. The number of ketones is 1. The van der Waals surface area contributed by atoms with Crippen LogP contribution in [0.4, 0.5) is 0 Å². The largest absolute Gasteiger partial charge is 0.507 e. The third kappa shape index (κ3) is 5.17. The molecule has 1 saturated heterocycles. The maximum absolute atomic E-state index is 13.5. The predicted octanol–water partition coefficient (Wildman–Crippen LogP) is 6.06. The zero-order chi connectivity index (χ0) is 26.8. The summed E-state index contributed by atoms with van der Waals surface area (Å²) in [6.45, 7) is 7.08. The molecular formula is C32H33NO5. The number of hydrogen-bond donors (Lipinski definition) is 1. The zero-order valence-corrected chi connectivity index (χ0v) is 22.0. The third-order valence-corrected chi connectivity index (χ3v) is 7.04. The van der Waals surface area contributed by atoms with Gasteiger partial charge < -0.3 is 19.5 Å². The van der Waals surface area contributed by atoms with Gasteiger partial charge in [0.1, 0.15) is 23.4 Å². The number of carbonyl (C=O) groups excluding carboxylic acids is 2. The highest BCUT2D eigenvalue weighted by Gasteiger charge is 2.46. The lowest BCUT2D eigenvalue weighted by Crippen LogP contribution is -2.29. The van der Waals surface area contributed by atoms with Crippen molar-refractivity contribution in [3.63, 3.8) is 0 Å². The van der Waals surface area contributed by atoms with Crippen LogP contribution in [0.1, 0.15) is 55.5 Å². The minimum absolute atomic E-state index is 0.0530. The van der Waals surface area contributed by atoms with Gasteiger partial charge in [0, 0.05) is 18.5 Å². The number of fused-ring (bicyclic) bond motifs is 1. The molecule has 0 saturated carbocycles. The number of benzene rings is 3. The molecule has 0 spiro atoms. The van der Waals surface area contributed by atoms with Crippen molar-refractivity contribution in [2.75, 3.05) is 6.61 Å². The van der Waals surface area contributed by atoms with Crippen molar-refractivity contribution in [3.8, 4) is 11.5 Å². The molecule has 2 aliphatic rings. The first-order chi connectivity index (χ1) is 18.3. The van der Waals surface area contributed by atoms with Crippen LogP contribution >= 0.6 is 0 Å². The molecule has 1 amide bonds. The Morgan fingerprint density at radius 2 is 1.84 bits per heavy atom. The van der Waals surface area contributed by atoms with Crippen LogP contribution in [-0.2, 0) is 22.6 Å². The van der Waals surface area contributed by atoms with E-state index in [-0.39, 0.29) is 24.0 Å². The number of nitrogens with zero attached hydrogens (tertiary/aromatic N) is 1. The SMILES string of the molecule is CC(C)CCOc1cccc([C@H]2C(=C(O)c3ccc4c(c3)C[C@H](C)O4)C(=O)C(=O)N2Cc2ccccc2)c1. The van der Waals surface area contributed by atoms with E-state index in [0.29, 0.717) is 29.4 Å². The van der Waals surface area contributed by atoms with Crippen molar-refractivity contribution in [3.05, 3.63) is 101 Å². The van der Waals surface area contributed by atoms with Crippen LogP contribution in [-0.4, -0.2) is 34.4 Å². The number of aliphatic hydroxyl groups excluding tert-OH is 1. The molecule has 0 bridgehead atoms. The Bertz CT molecular complexity index is 1380. The van der Waals surface area contributed by atoms with Crippen LogP contribution < -0.4 is 9.47 Å². The van der Waals surface area contributed by atoms with Crippen LogP contribution in [0.25, 0.3) is 5.76 Å². The number of amides is 1. The van der Waals surface area contributed by atoms with Crippen LogP contribution in [0, 0.1) is 5.92 Å².